The third-order valence-electron chi connectivity index (χ3n) is 2.20. The number of hydrogen-bond donors (Lipinski definition) is 2. The molecule has 0 aliphatic carbocycles. The molecule has 1 amide bonds. The highest BCUT2D eigenvalue weighted by molar-refractivity contribution is 5.94. The van der Waals surface area contributed by atoms with Gasteiger partial charge in [-0.2, -0.15) is 0 Å². The molecule has 1 heterocycles. The second-order valence-electron chi connectivity index (χ2n) is 3.44. The fraction of sp³-hybridized carbons (Fsp3) is 0.364. The first kappa shape index (κ1) is 11.4. The molecule has 0 fully saturated rings. The molecule has 0 saturated heterocycles. The summed E-state index contributed by atoms with van der Waals surface area (Å²) in [5.41, 5.74) is 6.83. The highest BCUT2D eigenvalue weighted by atomic mass is 16.2. The van der Waals surface area contributed by atoms with Gasteiger partial charge in [0.25, 0.3) is 5.91 Å². The van der Waals surface area contributed by atoms with Crippen LogP contribution < -0.4 is 11.1 Å². The SMILES string of the molecule is C=CC(C)NC(=O)c1cc(N)cn1CC. The van der Waals surface area contributed by atoms with Crippen molar-refractivity contribution in [2.24, 2.45) is 0 Å². The van der Waals surface area contributed by atoms with Crippen molar-refractivity contribution < 1.29 is 4.79 Å². The van der Waals surface area contributed by atoms with Crippen LogP contribution in [-0.2, 0) is 6.54 Å². The highest BCUT2D eigenvalue weighted by Crippen LogP contribution is 2.10. The number of aryl methyl sites for hydroxylation is 1. The molecule has 0 saturated carbocycles. The van der Waals surface area contributed by atoms with Gasteiger partial charge in [0.2, 0.25) is 0 Å². The Kier molecular flexibility index (Phi) is 3.55. The van der Waals surface area contributed by atoms with E-state index in [-0.39, 0.29) is 11.9 Å². The van der Waals surface area contributed by atoms with Crippen molar-refractivity contribution in [3.63, 3.8) is 0 Å². The predicted molar refractivity (Wildman–Crippen MR) is 61.6 cm³/mol. The molecule has 0 aliphatic rings. The van der Waals surface area contributed by atoms with Crippen molar-refractivity contribution in [1.29, 1.82) is 0 Å². The molecule has 0 radical (unpaired) electrons. The first-order valence-electron chi connectivity index (χ1n) is 4.97. The molecule has 15 heavy (non-hydrogen) atoms. The van der Waals surface area contributed by atoms with E-state index in [1.807, 2.05) is 18.4 Å². The van der Waals surface area contributed by atoms with Crippen molar-refractivity contribution in [1.82, 2.24) is 9.88 Å². The molecule has 4 nitrogen and oxygen atoms in total. The summed E-state index contributed by atoms with van der Waals surface area (Å²) in [5.74, 6) is -0.124. The zero-order valence-electron chi connectivity index (χ0n) is 9.16. The van der Waals surface area contributed by atoms with Crippen molar-refractivity contribution in [2.45, 2.75) is 26.4 Å². The number of amides is 1. The summed E-state index contributed by atoms with van der Waals surface area (Å²) < 4.78 is 1.82. The van der Waals surface area contributed by atoms with Gasteiger partial charge in [-0.05, 0) is 19.9 Å². The van der Waals surface area contributed by atoms with Crippen LogP contribution in [0.5, 0.6) is 0 Å². The van der Waals surface area contributed by atoms with Crippen LogP contribution >= 0.6 is 0 Å². The summed E-state index contributed by atoms with van der Waals surface area (Å²) in [7, 11) is 0. The van der Waals surface area contributed by atoms with Crippen molar-refractivity contribution in [3.05, 3.63) is 30.6 Å². The first-order valence-corrected chi connectivity index (χ1v) is 4.97. The van der Waals surface area contributed by atoms with Gasteiger partial charge >= 0.3 is 0 Å². The molecule has 1 rings (SSSR count). The summed E-state index contributed by atoms with van der Waals surface area (Å²) in [6.45, 7) is 8.17. The lowest BCUT2D eigenvalue weighted by molar-refractivity contribution is 0.0938. The van der Waals surface area contributed by atoms with Crippen LogP contribution in [0.25, 0.3) is 0 Å². The number of aromatic nitrogens is 1. The lowest BCUT2D eigenvalue weighted by atomic mass is 10.3. The van der Waals surface area contributed by atoms with E-state index in [2.05, 4.69) is 11.9 Å². The van der Waals surface area contributed by atoms with Gasteiger partial charge in [-0.15, -0.1) is 6.58 Å². The van der Waals surface area contributed by atoms with E-state index < -0.39 is 0 Å². The maximum atomic E-state index is 11.8. The Morgan fingerprint density at radius 1 is 1.80 bits per heavy atom. The van der Waals surface area contributed by atoms with Gasteiger partial charge in [0.1, 0.15) is 5.69 Å². The minimum absolute atomic E-state index is 0.0427. The van der Waals surface area contributed by atoms with Crippen LogP contribution in [0.3, 0.4) is 0 Å². The van der Waals surface area contributed by atoms with E-state index in [0.717, 1.165) is 6.54 Å². The fourth-order valence-electron chi connectivity index (χ4n) is 1.32. The lowest BCUT2D eigenvalue weighted by Crippen LogP contribution is -2.32. The molecule has 82 valence electrons. The van der Waals surface area contributed by atoms with Gasteiger partial charge in [0.15, 0.2) is 0 Å². The molecular weight excluding hydrogens is 190 g/mol. The number of nitrogens with zero attached hydrogens (tertiary/aromatic N) is 1. The molecule has 4 heteroatoms. The summed E-state index contributed by atoms with van der Waals surface area (Å²) >= 11 is 0. The number of carbonyl (C=O) groups excluding carboxylic acids is 1. The van der Waals surface area contributed by atoms with Crippen LogP contribution in [0.4, 0.5) is 5.69 Å². The Morgan fingerprint density at radius 2 is 2.47 bits per heavy atom. The predicted octanol–water partition coefficient (Wildman–Crippen LogP) is 1.39. The van der Waals surface area contributed by atoms with Crippen LogP contribution in [0.15, 0.2) is 24.9 Å². The van der Waals surface area contributed by atoms with Crippen LogP contribution in [0, 0.1) is 0 Å². The van der Waals surface area contributed by atoms with E-state index >= 15 is 0 Å². The molecule has 1 aromatic rings. The van der Waals surface area contributed by atoms with Crippen molar-refractivity contribution in [3.8, 4) is 0 Å². The van der Waals surface area contributed by atoms with Gasteiger partial charge in [-0.3, -0.25) is 4.79 Å². The number of anilines is 1. The molecule has 0 bridgehead atoms. The minimum Gasteiger partial charge on any atom is -0.397 e. The Bertz CT molecular complexity index is 368. The normalized spacial score (nSPS) is 12.1. The Balaban J connectivity index is 2.85. The molecule has 0 aliphatic heterocycles. The monoisotopic (exact) mass is 207 g/mol. The third-order valence-corrected chi connectivity index (χ3v) is 2.20. The van der Waals surface area contributed by atoms with Crippen LogP contribution in [0.2, 0.25) is 0 Å². The van der Waals surface area contributed by atoms with Gasteiger partial charge in [-0.1, -0.05) is 6.08 Å². The standard InChI is InChI=1S/C11H17N3O/c1-4-8(3)13-11(15)10-6-9(12)7-14(10)5-2/h4,6-8H,1,5,12H2,2-3H3,(H,13,15). The molecule has 0 spiro atoms. The fourth-order valence-corrected chi connectivity index (χ4v) is 1.32. The average Bonchev–Trinajstić information content (AvgIpc) is 2.59. The topological polar surface area (TPSA) is 60.1 Å². The summed E-state index contributed by atoms with van der Waals surface area (Å²) in [6.07, 6.45) is 3.44. The Labute approximate surface area is 89.8 Å². The third kappa shape index (κ3) is 2.62. The van der Waals surface area contributed by atoms with Crippen LogP contribution in [-0.4, -0.2) is 16.5 Å². The van der Waals surface area contributed by atoms with E-state index in [0.29, 0.717) is 11.4 Å². The molecule has 3 N–H and O–H groups in total. The molecule has 1 aromatic heterocycles. The zero-order valence-corrected chi connectivity index (χ0v) is 9.16. The molecule has 1 unspecified atom stereocenters. The maximum absolute atomic E-state index is 11.8. The van der Waals surface area contributed by atoms with E-state index in [1.54, 1.807) is 18.3 Å². The van der Waals surface area contributed by atoms with E-state index in [4.69, 9.17) is 5.73 Å². The largest absolute Gasteiger partial charge is 0.397 e. The number of nitrogen functional groups attached to an aromatic ring is 1. The number of nitrogens with two attached hydrogens (primary N) is 1. The zero-order chi connectivity index (χ0) is 11.4. The molecule has 0 aromatic carbocycles. The van der Waals surface area contributed by atoms with Gasteiger partial charge in [0.05, 0.1) is 5.69 Å². The maximum Gasteiger partial charge on any atom is 0.268 e. The smallest absolute Gasteiger partial charge is 0.268 e. The average molecular weight is 207 g/mol. The Hall–Kier alpha value is -1.71. The van der Waals surface area contributed by atoms with E-state index in [9.17, 15) is 4.79 Å². The van der Waals surface area contributed by atoms with Crippen molar-refractivity contribution in [2.75, 3.05) is 5.73 Å². The number of hydrogen-bond acceptors (Lipinski definition) is 2. The lowest BCUT2D eigenvalue weighted by Gasteiger charge is -2.10. The van der Waals surface area contributed by atoms with Crippen LogP contribution in [0.1, 0.15) is 24.3 Å². The number of nitrogens with one attached hydrogen (secondary N) is 1. The molecule has 1 atom stereocenters. The second kappa shape index (κ2) is 4.68. The van der Waals surface area contributed by atoms with Gasteiger partial charge < -0.3 is 15.6 Å². The second-order valence-corrected chi connectivity index (χ2v) is 3.44. The number of rotatable bonds is 4. The summed E-state index contributed by atoms with van der Waals surface area (Å²) in [5, 5.41) is 2.80. The summed E-state index contributed by atoms with van der Waals surface area (Å²) in [4.78, 5) is 11.8. The molecular formula is C11H17N3O. The highest BCUT2D eigenvalue weighted by Gasteiger charge is 2.12. The van der Waals surface area contributed by atoms with E-state index in [1.165, 1.54) is 0 Å². The van der Waals surface area contributed by atoms with Gasteiger partial charge in [0, 0.05) is 18.8 Å². The summed E-state index contributed by atoms with van der Waals surface area (Å²) in [6, 6.07) is 1.63. The Morgan fingerprint density at radius 3 is 3.00 bits per heavy atom. The quantitative estimate of drug-likeness (QED) is 0.733. The van der Waals surface area contributed by atoms with Crippen molar-refractivity contribution >= 4 is 11.6 Å². The first-order chi connectivity index (χ1) is 7.08. The van der Waals surface area contributed by atoms with Gasteiger partial charge in [-0.25, -0.2) is 0 Å². The minimum atomic E-state index is -0.124. The number of carbonyl (C=O) groups is 1.